The number of aromatic nitrogens is 1. The van der Waals surface area contributed by atoms with Crippen LogP contribution in [0.4, 0.5) is 0 Å². The van der Waals surface area contributed by atoms with Crippen molar-refractivity contribution in [3.63, 3.8) is 0 Å². The zero-order chi connectivity index (χ0) is 13.8. The topological polar surface area (TPSA) is 88.0 Å². The molecule has 104 valence electrons. The summed E-state index contributed by atoms with van der Waals surface area (Å²) in [5, 5.41) is 2.84. The van der Waals surface area contributed by atoms with Crippen LogP contribution in [0.3, 0.4) is 0 Å². The second-order valence-corrected chi connectivity index (χ2v) is 5.38. The normalized spacial score (nSPS) is 23.1. The average molecular weight is 263 g/mol. The summed E-state index contributed by atoms with van der Waals surface area (Å²) in [6.07, 6.45) is 5.61. The van der Waals surface area contributed by atoms with Crippen molar-refractivity contribution in [2.75, 3.05) is 6.54 Å². The van der Waals surface area contributed by atoms with Gasteiger partial charge in [0.05, 0.1) is 0 Å². The Labute approximate surface area is 112 Å². The molecule has 0 unspecified atom stereocenters. The Morgan fingerprint density at radius 1 is 1.42 bits per heavy atom. The Bertz CT molecular complexity index is 502. The number of hydrogen-bond donors (Lipinski definition) is 3. The molecular formula is C14H21N3O2. The second-order valence-electron chi connectivity index (χ2n) is 5.38. The summed E-state index contributed by atoms with van der Waals surface area (Å²) in [4.78, 5) is 26.5. The standard InChI is InChI=1S/C14H21N3O2/c1-9-6-13(18)12(8-16-9)14(19)17-7-10-2-4-11(15)5-3-10/h6,8,10-11H,2-5,7,15H2,1H3,(H,16,18)(H,17,19). The predicted octanol–water partition coefficient (Wildman–Crippen LogP) is 0.931. The van der Waals surface area contributed by atoms with Crippen molar-refractivity contribution >= 4 is 5.91 Å². The Balaban J connectivity index is 1.89. The zero-order valence-corrected chi connectivity index (χ0v) is 11.2. The molecule has 1 heterocycles. The molecule has 0 aliphatic heterocycles. The van der Waals surface area contributed by atoms with E-state index in [1.165, 1.54) is 12.3 Å². The number of amides is 1. The van der Waals surface area contributed by atoms with Crippen molar-refractivity contribution in [1.82, 2.24) is 10.3 Å². The lowest BCUT2D eigenvalue weighted by molar-refractivity contribution is 0.0941. The number of H-pyrrole nitrogens is 1. The second kappa shape index (κ2) is 6.02. The van der Waals surface area contributed by atoms with E-state index >= 15 is 0 Å². The van der Waals surface area contributed by atoms with Crippen LogP contribution in [0.15, 0.2) is 17.1 Å². The van der Waals surface area contributed by atoms with Gasteiger partial charge in [0.15, 0.2) is 5.43 Å². The summed E-state index contributed by atoms with van der Waals surface area (Å²) < 4.78 is 0. The maximum Gasteiger partial charge on any atom is 0.256 e. The highest BCUT2D eigenvalue weighted by Gasteiger charge is 2.19. The van der Waals surface area contributed by atoms with Gasteiger partial charge in [-0.25, -0.2) is 0 Å². The van der Waals surface area contributed by atoms with Gasteiger partial charge in [-0.05, 0) is 38.5 Å². The molecule has 1 aliphatic carbocycles. The zero-order valence-electron chi connectivity index (χ0n) is 11.2. The molecule has 1 fully saturated rings. The lowest BCUT2D eigenvalue weighted by Gasteiger charge is -2.26. The molecule has 1 amide bonds. The van der Waals surface area contributed by atoms with E-state index in [1.807, 2.05) is 0 Å². The van der Waals surface area contributed by atoms with E-state index in [0.29, 0.717) is 18.5 Å². The molecule has 2 rings (SSSR count). The lowest BCUT2D eigenvalue weighted by Crippen LogP contribution is -2.35. The summed E-state index contributed by atoms with van der Waals surface area (Å²) >= 11 is 0. The summed E-state index contributed by atoms with van der Waals surface area (Å²) in [5.74, 6) is 0.185. The average Bonchev–Trinajstić information content (AvgIpc) is 2.37. The lowest BCUT2D eigenvalue weighted by atomic mass is 9.86. The number of aromatic amines is 1. The highest BCUT2D eigenvalue weighted by Crippen LogP contribution is 2.22. The fourth-order valence-corrected chi connectivity index (χ4v) is 2.48. The maximum absolute atomic E-state index is 11.9. The quantitative estimate of drug-likeness (QED) is 0.758. The van der Waals surface area contributed by atoms with Gasteiger partial charge in [0.1, 0.15) is 5.56 Å². The third-order valence-electron chi connectivity index (χ3n) is 3.74. The molecule has 1 aromatic rings. The smallest absolute Gasteiger partial charge is 0.256 e. The number of hydrogen-bond acceptors (Lipinski definition) is 3. The fourth-order valence-electron chi connectivity index (χ4n) is 2.48. The van der Waals surface area contributed by atoms with Crippen molar-refractivity contribution in [3.8, 4) is 0 Å². The molecule has 0 atom stereocenters. The van der Waals surface area contributed by atoms with Crippen molar-refractivity contribution in [1.29, 1.82) is 0 Å². The molecule has 5 nitrogen and oxygen atoms in total. The van der Waals surface area contributed by atoms with Crippen LogP contribution < -0.4 is 16.5 Å². The summed E-state index contributed by atoms with van der Waals surface area (Å²) in [6.45, 7) is 2.41. The van der Waals surface area contributed by atoms with Crippen molar-refractivity contribution < 1.29 is 4.79 Å². The molecule has 0 spiro atoms. The number of nitrogens with one attached hydrogen (secondary N) is 2. The molecule has 1 saturated carbocycles. The first-order valence-corrected chi connectivity index (χ1v) is 6.79. The molecule has 1 aliphatic rings. The highest BCUT2D eigenvalue weighted by atomic mass is 16.2. The molecule has 0 bridgehead atoms. The van der Waals surface area contributed by atoms with Gasteiger partial charge in [0, 0.05) is 30.5 Å². The Kier molecular flexibility index (Phi) is 4.37. The molecule has 5 heteroatoms. The SMILES string of the molecule is Cc1cc(=O)c(C(=O)NCC2CCC(N)CC2)c[nH]1. The molecule has 0 radical (unpaired) electrons. The summed E-state index contributed by atoms with van der Waals surface area (Å²) in [7, 11) is 0. The van der Waals surface area contributed by atoms with Gasteiger partial charge < -0.3 is 16.0 Å². The van der Waals surface area contributed by atoms with Gasteiger partial charge in [0.2, 0.25) is 0 Å². The van der Waals surface area contributed by atoms with E-state index in [9.17, 15) is 9.59 Å². The van der Waals surface area contributed by atoms with Gasteiger partial charge >= 0.3 is 0 Å². The van der Waals surface area contributed by atoms with Gasteiger partial charge in [-0.2, -0.15) is 0 Å². The Morgan fingerprint density at radius 3 is 2.74 bits per heavy atom. The number of aryl methyl sites for hydroxylation is 1. The van der Waals surface area contributed by atoms with Crippen molar-refractivity contribution in [2.24, 2.45) is 11.7 Å². The number of carbonyl (C=O) groups is 1. The van der Waals surface area contributed by atoms with E-state index < -0.39 is 0 Å². The van der Waals surface area contributed by atoms with Crippen LogP contribution in [0.1, 0.15) is 41.7 Å². The minimum atomic E-state index is -0.295. The third kappa shape index (κ3) is 3.67. The van der Waals surface area contributed by atoms with Gasteiger partial charge in [0.25, 0.3) is 5.91 Å². The van der Waals surface area contributed by atoms with Gasteiger partial charge in [-0.3, -0.25) is 9.59 Å². The molecule has 0 aromatic carbocycles. The van der Waals surface area contributed by atoms with Gasteiger partial charge in [-0.1, -0.05) is 0 Å². The number of pyridine rings is 1. The number of carbonyl (C=O) groups excluding carboxylic acids is 1. The maximum atomic E-state index is 11.9. The largest absolute Gasteiger partial charge is 0.364 e. The van der Waals surface area contributed by atoms with Crippen LogP contribution in [0, 0.1) is 12.8 Å². The van der Waals surface area contributed by atoms with E-state index in [-0.39, 0.29) is 16.9 Å². The number of rotatable bonds is 3. The highest BCUT2D eigenvalue weighted by molar-refractivity contribution is 5.93. The first kappa shape index (κ1) is 13.8. The number of nitrogens with two attached hydrogens (primary N) is 1. The van der Waals surface area contributed by atoms with Crippen LogP contribution in [-0.4, -0.2) is 23.5 Å². The summed E-state index contributed by atoms with van der Waals surface area (Å²) in [5.41, 5.74) is 6.54. The molecular weight excluding hydrogens is 242 g/mol. The molecule has 4 N–H and O–H groups in total. The van der Waals surface area contributed by atoms with Crippen LogP contribution in [0.25, 0.3) is 0 Å². The van der Waals surface area contributed by atoms with E-state index in [4.69, 9.17) is 5.73 Å². The van der Waals surface area contributed by atoms with Crippen LogP contribution in [-0.2, 0) is 0 Å². The molecule has 19 heavy (non-hydrogen) atoms. The van der Waals surface area contributed by atoms with Crippen molar-refractivity contribution in [3.05, 3.63) is 33.7 Å². The van der Waals surface area contributed by atoms with E-state index in [0.717, 1.165) is 31.4 Å². The first-order valence-electron chi connectivity index (χ1n) is 6.79. The predicted molar refractivity (Wildman–Crippen MR) is 74.1 cm³/mol. The Morgan fingerprint density at radius 2 is 2.11 bits per heavy atom. The Hall–Kier alpha value is -1.62. The molecule has 1 aromatic heterocycles. The van der Waals surface area contributed by atoms with Crippen molar-refractivity contribution in [2.45, 2.75) is 38.6 Å². The van der Waals surface area contributed by atoms with Gasteiger partial charge in [-0.15, -0.1) is 0 Å². The first-order chi connectivity index (χ1) is 9.06. The van der Waals surface area contributed by atoms with E-state index in [1.54, 1.807) is 6.92 Å². The minimum absolute atomic E-state index is 0.179. The van der Waals surface area contributed by atoms with Crippen LogP contribution in [0.5, 0.6) is 0 Å². The van der Waals surface area contributed by atoms with Crippen LogP contribution >= 0.6 is 0 Å². The minimum Gasteiger partial charge on any atom is -0.364 e. The van der Waals surface area contributed by atoms with E-state index in [2.05, 4.69) is 10.3 Å². The van der Waals surface area contributed by atoms with Crippen LogP contribution in [0.2, 0.25) is 0 Å². The third-order valence-corrected chi connectivity index (χ3v) is 3.74. The molecule has 0 saturated heterocycles. The summed E-state index contributed by atoms with van der Waals surface area (Å²) in [6, 6.07) is 1.75. The fraction of sp³-hybridized carbons (Fsp3) is 0.571. The monoisotopic (exact) mass is 263 g/mol.